The van der Waals surface area contributed by atoms with Crippen LogP contribution in [0, 0.1) is 0 Å². The zero-order valence-electron chi connectivity index (χ0n) is 15.1. The van der Waals surface area contributed by atoms with Gasteiger partial charge in [0, 0.05) is 43.0 Å². The smallest absolute Gasteiger partial charge is 0.259 e. The maximum absolute atomic E-state index is 12.4. The lowest BCUT2D eigenvalue weighted by Crippen LogP contribution is -2.14. The number of aryl methyl sites for hydroxylation is 2. The molecule has 136 valence electrons. The van der Waals surface area contributed by atoms with Crippen LogP contribution in [-0.2, 0) is 13.0 Å². The molecule has 4 rings (SSSR count). The Bertz CT molecular complexity index is 1120. The first-order chi connectivity index (χ1) is 13.3. The number of pyridine rings is 1. The Morgan fingerprint density at radius 2 is 1.89 bits per heavy atom. The average Bonchev–Trinajstić information content (AvgIpc) is 3.12. The number of hydrogen-bond donors (Lipinski definition) is 0. The van der Waals surface area contributed by atoms with E-state index in [0.29, 0.717) is 11.5 Å². The molecule has 0 saturated carbocycles. The van der Waals surface area contributed by atoms with Gasteiger partial charge in [0.1, 0.15) is 5.75 Å². The van der Waals surface area contributed by atoms with Gasteiger partial charge in [-0.1, -0.05) is 18.2 Å². The van der Waals surface area contributed by atoms with E-state index in [2.05, 4.69) is 11.1 Å². The van der Waals surface area contributed by atoms with Crippen LogP contribution in [0.5, 0.6) is 5.75 Å². The molecule has 6 heteroatoms. The number of nitrogens with zero attached hydrogens (tertiary/aromatic N) is 4. The second-order valence-electron chi connectivity index (χ2n) is 6.29. The molecule has 0 saturated heterocycles. The number of aromatic nitrogens is 4. The van der Waals surface area contributed by atoms with Crippen LogP contribution in [0.3, 0.4) is 0 Å². The van der Waals surface area contributed by atoms with Crippen LogP contribution in [0.1, 0.15) is 12.0 Å². The fraction of sp³-hybridized carbons (Fsp3) is 0.190. The van der Waals surface area contributed by atoms with E-state index >= 15 is 0 Å². The molecular formula is C21H20N4O2. The molecule has 0 aliphatic rings. The van der Waals surface area contributed by atoms with Crippen LogP contribution in [0.2, 0.25) is 0 Å². The summed E-state index contributed by atoms with van der Waals surface area (Å²) in [5.41, 5.74) is 2.63. The van der Waals surface area contributed by atoms with Gasteiger partial charge < -0.3 is 9.30 Å². The van der Waals surface area contributed by atoms with Crippen molar-refractivity contribution in [2.45, 2.75) is 19.4 Å². The molecule has 0 aliphatic heterocycles. The SMILES string of the molecule is COc1ccccc1CCCn1ccn2c(=O)cc(-c3ccncc3)nc12. The highest BCUT2D eigenvalue weighted by Gasteiger charge is 2.09. The zero-order chi connectivity index (χ0) is 18.6. The summed E-state index contributed by atoms with van der Waals surface area (Å²) >= 11 is 0. The molecule has 6 nitrogen and oxygen atoms in total. The Balaban J connectivity index is 1.59. The number of rotatable bonds is 6. The van der Waals surface area contributed by atoms with Gasteiger partial charge in [0.2, 0.25) is 5.78 Å². The first kappa shape index (κ1) is 17.0. The third-order valence-corrected chi connectivity index (χ3v) is 4.60. The first-order valence-corrected chi connectivity index (χ1v) is 8.87. The maximum atomic E-state index is 12.4. The van der Waals surface area contributed by atoms with Gasteiger partial charge in [-0.05, 0) is 36.6 Å². The molecule has 0 atom stereocenters. The van der Waals surface area contributed by atoms with Crippen LogP contribution in [0.15, 0.2) is 72.0 Å². The molecular weight excluding hydrogens is 340 g/mol. The van der Waals surface area contributed by atoms with Crippen molar-refractivity contribution in [3.8, 4) is 17.0 Å². The van der Waals surface area contributed by atoms with Crippen molar-refractivity contribution in [1.82, 2.24) is 18.9 Å². The van der Waals surface area contributed by atoms with Crippen LogP contribution in [0.25, 0.3) is 17.0 Å². The van der Waals surface area contributed by atoms with Gasteiger partial charge >= 0.3 is 0 Å². The summed E-state index contributed by atoms with van der Waals surface area (Å²) in [6.07, 6.45) is 8.88. The summed E-state index contributed by atoms with van der Waals surface area (Å²) in [5, 5.41) is 0. The molecule has 3 aromatic heterocycles. The third kappa shape index (κ3) is 3.46. The highest BCUT2D eigenvalue weighted by Crippen LogP contribution is 2.20. The average molecular weight is 360 g/mol. The first-order valence-electron chi connectivity index (χ1n) is 8.87. The maximum Gasteiger partial charge on any atom is 0.259 e. The van der Waals surface area contributed by atoms with Crippen molar-refractivity contribution in [3.63, 3.8) is 0 Å². The molecule has 0 radical (unpaired) electrons. The standard InChI is InChI=1S/C21H20N4O2/c1-27-19-7-3-2-5-17(19)6-4-12-24-13-14-25-20(26)15-18(23-21(24)25)16-8-10-22-11-9-16/h2-3,5,7-11,13-15H,4,6,12H2,1H3. The summed E-state index contributed by atoms with van der Waals surface area (Å²) < 4.78 is 9.01. The molecule has 0 bridgehead atoms. The van der Waals surface area contributed by atoms with Crippen LogP contribution in [0.4, 0.5) is 0 Å². The van der Waals surface area contributed by atoms with Gasteiger partial charge in [-0.15, -0.1) is 0 Å². The Kier molecular flexibility index (Phi) is 4.70. The fourth-order valence-electron chi connectivity index (χ4n) is 3.23. The molecule has 0 aliphatic carbocycles. The van der Waals surface area contributed by atoms with Gasteiger partial charge in [0.15, 0.2) is 0 Å². The van der Waals surface area contributed by atoms with E-state index in [-0.39, 0.29) is 5.56 Å². The van der Waals surface area contributed by atoms with Crippen molar-refractivity contribution in [2.24, 2.45) is 0 Å². The van der Waals surface area contributed by atoms with Crippen LogP contribution < -0.4 is 10.3 Å². The summed E-state index contributed by atoms with van der Waals surface area (Å²) in [5.74, 6) is 1.55. The van der Waals surface area contributed by atoms with E-state index in [9.17, 15) is 4.79 Å². The van der Waals surface area contributed by atoms with Crippen molar-refractivity contribution in [1.29, 1.82) is 0 Å². The van der Waals surface area contributed by atoms with Crippen molar-refractivity contribution in [3.05, 3.63) is 83.2 Å². The quantitative estimate of drug-likeness (QED) is 0.530. The monoisotopic (exact) mass is 360 g/mol. The van der Waals surface area contributed by atoms with Crippen LogP contribution >= 0.6 is 0 Å². The lowest BCUT2D eigenvalue weighted by molar-refractivity contribution is 0.408. The largest absolute Gasteiger partial charge is 0.496 e. The van der Waals surface area contributed by atoms with Gasteiger partial charge in [0.25, 0.3) is 5.56 Å². The van der Waals surface area contributed by atoms with Crippen molar-refractivity contribution >= 4 is 5.78 Å². The molecule has 0 amide bonds. The number of methoxy groups -OCH3 is 1. The second kappa shape index (κ2) is 7.45. The zero-order valence-corrected chi connectivity index (χ0v) is 15.1. The molecule has 3 heterocycles. The minimum atomic E-state index is -0.0877. The summed E-state index contributed by atoms with van der Waals surface area (Å²) in [4.78, 5) is 21.2. The van der Waals surface area contributed by atoms with Crippen molar-refractivity contribution in [2.75, 3.05) is 7.11 Å². The van der Waals surface area contributed by atoms with Gasteiger partial charge in [0.05, 0.1) is 12.8 Å². The number of ether oxygens (including phenoxy) is 1. The van der Waals surface area contributed by atoms with E-state index in [1.807, 2.05) is 41.1 Å². The molecule has 0 fully saturated rings. The lowest BCUT2D eigenvalue weighted by Gasteiger charge is -2.09. The Morgan fingerprint density at radius 3 is 2.70 bits per heavy atom. The summed E-state index contributed by atoms with van der Waals surface area (Å²) in [6.45, 7) is 0.765. The summed E-state index contributed by atoms with van der Waals surface area (Å²) in [7, 11) is 1.69. The number of para-hydroxylation sites is 1. The van der Waals surface area contributed by atoms with E-state index in [1.54, 1.807) is 36.2 Å². The molecule has 0 N–H and O–H groups in total. The minimum Gasteiger partial charge on any atom is -0.496 e. The predicted octanol–water partition coefficient (Wildman–Crippen LogP) is 3.20. The van der Waals surface area contributed by atoms with Gasteiger partial charge in [-0.3, -0.25) is 14.2 Å². The molecule has 27 heavy (non-hydrogen) atoms. The van der Waals surface area contributed by atoms with E-state index < -0.39 is 0 Å². The van der Waals surface area contributed by atoms with Crippen molar-refractivity contribution < 1.29 is 4.74 Å². The minimum absolute atomic E-state index is 0.0877. The lowest BCUT2D eigenvalue weighted by atomic mass is 10.1. The number of fused-ring (bicyclic) bond motifs is 1. The number of benzene rings is 1. The Hall–Kier alpha value is -3.41. The normalized spacial score (nSPS) is 11.0. The third-order valence-electron chi connectivity index (χ3n) is 4.60. The summed E-state index contributed by atoms with van der Waals surface area (Å²) in [6, 6.07) is 13.3. The highest BCUT2D eigenvalue weighted by molar-refractivity contribution is 5.59. The topological polar surface area (TPSA) is 61.4 Å². The molecule has 4 aromatic rings. The number of imidazole rings is 1. The van der Waals surface area contributed by atoms with Gasteiger partial charge in [-0.25, -0.2) is 4.98 Å². The van der Waals surface area contributed by atoms with E-state index in [4.69, 9.17) is 9.72 Å². The van der Waals surface area contributed by atoms with Crippen LogP contribution in [-0.4, -0.2) is 26.0 Å². The Morgan fingerprint density at radius 1 is 1.07 bits per heavy atom. The predicted molar refractivity (Wildman–Crippen MR) is 104 cm³/mol. The molecule has 1 aromatic carbocycles. The fourth-order valence-corrected chi connectivity index (χ4v) is 3.23. The van der Waals surface area contributed by atoms with E-state index in [0.717, 1.165) is 30.7 Å². The Labute approximate surface area is 156 Å². The highest BCUT2D eigenvalue weighted by atomic mass is 16.5. The molecule has 0 unspecified atom stereocenters. The number of hydrogen-bond acceptors (Lipinski definition) is 4. The van der Waals surface area contributed by atoms with Gasteiger partial charge in [-0.2, -0.15) is 0 Å². The molecule has 0 spiro atoms. The second-order valence-corrected chi connectivity index (χ2v) is 6.29. The van der Waals surface area contributed by atoms with E-state index in [1.165, 1.54) is 5.56 Å².